The van der Waals surface area contributed by atoms with E-state index in [0.29, 0.717) is 13.1 Å². The SMILES string of the molecule is CS(=O)(=O)N1CCN([n+]2noc(N)c2C(=O)c2cccnn2)CC1. The van der Waals surface area contributed by atoms with Gasteiger partial charge in [-0.3, -0.25) is 9.32 Å². The van der Waals surface area contributed by atoms with Crippen molar-refractivity contribution in [2.75, 3.05) is 43.2 Å². The molecule has 0 unspecified atom stereocenters. The molecule has 3 heterocycles. The number of carbonyl (C=O) groups excluding carboxylic acids is 1. The second kappa shape index (κ2) is 6.13. The normalized spacial score (nSPS) is 16.3. The van der Waals surface area contributed by atoms with Crippen molar-refractivity contribution in [3.05, 3.63) is 29.7 Å². The van der Waals surface area contributed by atoms with Crippen molar-refractivity contribution in [3.8, 4) is 0 Å². The number of rotatable bonds is 4. The Morgan fingerprint density at radius 3 is 2.62 bits per heavy atom. The molecule has 3 rings (SSSR count). The maximum Gasteiger partial charge on any atom is 0.380 e. The van der Waals surface area contributed by atoms with Crippen LogP contribution >= 0.6 is 0 Å². The summed E-state index contributed by atoms with van der Waals surface area (Å²) in [7, 11) is -3.25. The van der Waals surface area contributed by atoms with E-state index in [9.17, 15) is 13.2 Å². The van der Waals surface area contributed by atoms with Gasteiger partial charge in [0.2, 0.25) is 15.3 Å². The number of hydrogen-bond acceptors (Lipinski definition) is 9. The summed E-state index contributed by atoms with van der Waals surface area (Å²) in [4.78, 5) is 13.8. The minimum Gasteiger partial charge on any atom is -0.361 e. The molecule has 128 valence electrons. The number of sulfonamides is 1. The average Bonchev–Trinajstić information content (AvgIpc) is 2.96. The van der Waals surface area contributed by atoms with Gasteiger partial charge in [0.05, 0.1) is 24.1 Å². The van der Waals surface area contributed by atoms with Crippen molar-refractivity contribution >= 4 is 21.7 Å². The Morgan fingerprint density at radius 2 is 2.04 bits per heavy atom. The highest BCUT2D eigenvalue weighted by Gasteiger charge is 2.38. The van der Waals surface area contributed by atoms with Crippen molar-refractivity contribution in [3.63, 3.8) is 0 Å². The third-order valence-electron chi connectivity index (χ3n) is 3.62. The van der Waals surface area contributed by atoms with E-state index in [-0.39, 0.29) is 30.4 Å². The summed E-state index contributed by atoms with van der Waals surface area (Å²) in [5, 5.41) is 12.9. The van der Waals surface area contributed by atoms with Crippen molar-refractivity contribution < 1.29 is 22.5 Å². The van der Waals surface area contributed by atoms with Crippen LogP contribution in [0.3, 0.4) is 0 Å². The summed E-state index contributed by atoms with van der Waals surface area (Å²) in [6.45, 7) is 1.23. The largest absolute Gasteiger partial charge is 0.380 e. The zero-order valence-electron chi connectivity index (χ0n) is 12.9. The monoisotopic (exact) mass is 354 g/mol. The summed E-state index contributed by atoms with van der Waals surface area (Å²) in [6.07, 6.45) is 2.61. The van der Waals surface area contributed by atoms with Crippen LogP contribution < -0.4 is 15.5 Å². The minimum atomic E-state index is -3.25. The van der Waals surface area contributed by atoms with Crippen LogP contribution in [0.5, 0.6) is 0 Å². The van der Waals surface area contributed by atoms with E-state index in [1.54, 1.807) is 11.1 Å². The molecular formula is C12H16N7O4S+. The molecule has 1 saturated heterocycles. The first-order valence-electron chi connectivity index (χ1n) is 7.08. The molecule has 2 aromatic heterocycles. The number of anilines is 1. The molecule has 0 aromatic carbocycles. The molecule has 0 bridgehead atoms. The Hall–Kier alpha value is -2.60. The highest BCUT2D eigenvalue weighted by atomic mass is 32.2. The number of nitrogens with two attached hydrogens (primary N) is 1. The van der Waals surface area contributed by atoms with Gasteiger partial charge in [-0.05, 0) is 12.1 Å². The van der Waals surface area contributed by atoms with Gasteiger partial charge in [0.15, 0.2) is 0 Å². The lowest BCUT2D eigenvalue weighted by molar-refractivity contribution is -0.760. The molecule has 0 amide bonds. The smallest absolute Gasteiger partial charge is 0.361 e. The molecule has 24 heavy (non-hydrogen) atoms. The van der Waals surface area contributed by atoms with Gasteiger partial charge in [-0.25, -0.2) is 8.42 Å². The van der Waals surface area contributed by atoms with E-state index >= 15 is 0 Å². The quantitative estimate of drug-likeness (QED) is 0.477. The van der Waals surface area contributed by atoms with Crippen LogP contribution in [0.2, 0.25) is 0 Å². The van der Waals surface area contributed by atoms with Gasteiger partial charge in [-0.2, -0.15) is 9.40 Å². The molecule has 12 heteroatoms. The van der Waals surface area contributed by atoms with Crippen molar-refractivity contribution in [2.45, 2.75) is 0 Å². The second-order valence-corrected chi connectivity index (χ2v) is 7.21. The average molecular weight is 354 g/mol. The van der Waals surface area contributed by atoms with Crippen molar-refractivity contribution in [1.82, 2.24) is 19.8 Å². The van der Waals surface area contributed by atoms with E-state index in [1.165, 1.54) is 21.4 Å². The predicted octanol–water partition coefficient (Wildman–Crippen LogP) is -2.22. The lowest BCUT2D eigenvalue weighted by atomic mass is 10.2. The van der Waals surface area contributed by atoms with Crippen molar-refractivity contribution in [2.24, 2.45) is 0 Å². The lowest BCUT2D eigenvalue weighted by Gasteiger charge is -2.28. The van der Waals surface area contributed by atoms with Gasteiger partial charge >= 0.3 is 11.6 Å². The Labute approximate surface area is 137 Å². The summed E-state index contributed by atoms with van der Waals surface area (Å²) < 4.78 is 29.4. The van der Waals surface area contributed by atoms with E-state index in [0.717, 1.165) is 6.26 Å². The zero-order valence-corrected chi connectivity index (χ0v) is 13.7. The molecule has 0 aliphatic carbocycles. The molecular weight excluding hydrogens is 338 g/mol. The van der Waals surface area contributed by atoms with Crippen LogP contribution in [-0.2, 0) is 10.0 Å². The van der Waals surface area contributed by atoms with Crippen LogP contribution in [0.4, 0.5) is 5.88 Å². The molecule has 1 aliphatic rings. The highest BCUT2D eigenvalue weighted by Crippen LogP contribution is 2.11. The highest BCUT2D eigenvalue weighted by molar-refractivity contribution is 7.88. The van der Waals surface area contributed by atoms with Crippen LogP contribution in [0.15, 0.2) is 22.9 Å². The molecule has 1 fully saturated rings. The molecule has 0 atom stereocenters. The van der Waals surface area contributed by atoms with Gasteiger partial charge < -0.3 is 5.73 Å². The Balaban J connectivity index is 1.85. The molecule has 1 aliphatic heterocycles. The maximum atomic E-state index is 12.6. The fourth-order valence-corrected chi connectivity index (χ4v) is 3.23. The minimum absolute atomic E-state index is 0.0308. The van der Waals surface area contributed by atoms with Crippen LogP contribution in [0, 0.1) is 0 Å². The predicted molar refractivity (Wildman–Crippen MR) is 80.9 cm³/mol. The number of piperazine rings is 1. The molecule has 2 N–H and O–H groups in total. The Kier molecular flexibility index (Phi) is 4.15. The molecule has 0 spiro atoms. The summed E-state index contributed by atoms with van der Waals surface area (Å²) in [6, 6.07) is 3.09. The van der Waals surface area contributed by atoms with Gasteiger partial charge in [0.25, 0.3) is 5.78 Å². The maximum absolute atomic E-state index is 12.6. The number of nitrogen functional groups attached to an aromatic ring is 1. The van der Waals surface area contributed by atoms with Gasteiger partial charge in [-0.1, -0.05) is 0 Å². The van der Waals surface area contributed by atoms with E-state index in [1.807, 2.05) is 0 Å². The summed E-state index contributed by atoms with van der Waals surface area (Å²) >= 11 is 0. The topological polar surface area (TPSA) is 139 Å². The van der Waals surface area contributed by atoms with Crippen LogP contribution in [0.1, 0.15) is 16.2 Å². The van der Waals surface area contributed by atoms with Crippen molar-refractivity contribution in [1.29, 1.82) is 0 Å². The fourth-order valence-electron chi connectivity index (χ4n) is 2.40. The number of hydrogen-bond donors (Lipinski definition) is 1. The van der Waals surface area contributed by atoms with Gasteiger partial charge in [0.1, 0.15) is 5.69 Å². The zero-order chi connectivity index (χ0) is 17.3. The molecule has 0 saturated carbocycles. The summed E-state index contributed by atoms with van der Waals surface area (Å²) in [5.74, 6) is -0.622. The fraction of sp³-hybridized carbons (Fsp3) is 0.417. The third kappa shape index (κ3) is 3.05. The van der Waals surface area contributed by atoms with Gasteiger partial charge in [0, 0.05) is 19.3 Å². The van der Waals surface area contributed by atoms with Crippen LogP contribution in [-0.4, -0.2) is 66.4 Å². The van der Waals surface area contributed by atoms with E-state index in [4.69, 9.17) is 10.3 Å². The standard InChI is InChI=1S/C12H15N7O4S/c1-24(21,22)18-7-5-17(6-8-18)19-10(12(13)23-16-19)11(20)9-3-2-4-14-15-9/h2-4H,5-8H2,1H3,(H-,13,16,20)/p+1. The Bertz CT molecular complexity index is 844. The first kappa shape index (κ1) is 16.3. The number of ketones is 1. The number of aromatic nitrogens is 4. The lowest BCUT2D eigenvalue weighted by Crippen LogP contribution is -2.67. The van der Waals surface area contributed by atoms with E-state index in [2.05, 4.69) is 15.5 Å². The molecule has 2 aromatic rings. The first-order valence-corrected chi connectivity index (χ1v) is 8.93. The number of carbonyl (C=O) groups is 1. The molecule has 0 radical (unpaired) electrons. The Morgan fingerprint density at radius 1 is 1.33 bits per heavy atom. The van der Waals surface area contributed by atoms with Crippen LogP contribution in [0.25, 0.3) is 0 Å². The van der Waals surface area contributed by atoms with E-state index < -0.39 is 15.8 Å². The van der Waals surface area contributed by atoms with Gasteiger partial charge in [-0.15, -0.1) is 10.1 Å². The summed E-state index contributed by atoms with van der Waals surface area (Å²) in [5.41, 5.74) is 5.87. The second-order valence-electron chi connectivity index (χ2n) is 5.23. The number of nitrogens with zero attached hydrogens (tertiary/aromatic N) is 6. The first-order chi connectivity index (χ1) is 11.4. The third-order valence-corrected chi connectivity index (χ3v) is 4.93. The molecule has 11 nitrogen and oxygen atoms in total.